The second kappa shape index (κ2) is 8.34. The first-order valence-electron chi connectivity index (χ1n) is 8.64. The van der Waals surface area contributed by atoms with E-state index in [4.69, 9.17) is 4.74 Å². The first-order chi connectivity index (χ1) is 11.0. The monoisotopic (exact) mass is 318 g/mol. The highest BCUT2D eigenvalue weighted by atomic mass is 16.5. The zero-order valence-electron chi connectivity index (χ0n) is 14.7. The smallest absolute Gasteiger partial charge is 0.225 e. The molecule has 1 aliphatic rings. The minimum Gasteiger partial charge on any atom is -0.496 e. The van der Waals surface area contributed by atoms with Crippen molar-refractivity contribution in [3.8, 4) is 5.75 Å². The number of para-hydroxylation sites is 1. The zero-order chi connectivity index (χ0) is 16.7. The van der Waals surface area contributed by atoms with E-state index in [1.165, 1.54) is 12.8 Å². The minimum atomic E-state index is -0.445. The molecule has 128 valence electrons. The van der Waals surface area contributed by atoms with Gasteiger partial charge in [0.25, 0.3) is 0 Å². The van der Waals surface area contributed by atoms with Crippen LogP contribution in [0.5, 0.6) is 5.75 Å². The van der Waals surface area contributed by atoms with Gasteiger partial charge in [0.1, 0.15) is 5.75 Å². The van der Waals surface area contributed by atoms with Crippen LogP contribution in [0.3, 0.4) is 0 Å². The fourth-order valence-electron chi connectivity index (χ4n) is 3.20. The first kappa shape index (κ1) is 17.8. The summed E-state index contributed by atoms with van der Waals surface area (Å²) in [4.78, 5) is 12.5. The predicted molar refractivity (Wildman–Crippen MR) is 93.7 cm³/mol. The molecule has 0 aliphatic carbocycles. The van der Waals surface area contributed by atoms with Gasteiger partial charge in [-0.05, 0) is 56.3 Å². The van der Waals surface area contributed by atoms with Gasteiger partial charge in [-0.1, -0.05) is 32.0 Å². The number of hydrogen-bond acceptors (Lipinski definition) is 3. The summed E-state index contributed by atoms with van der Waals surface area (Å²) in [5.74, 6) is 1.66. The van der Waals surface area contributed by atoms with E-state index in [-0.39, 0.29) is 5.91 Å². The number of methoxy groups -OCH3 is 1. The lowest BCUT2D eigenvalue weighted by molar-refractivity contribution is -0.129. The maximum atomic E-state index is 12.5. The van der Waals surface area contributed by atoms with Crippen molar-refractivity contribution in [2.24, 2.45) is 11.3 Å². The van der Waals surface area contributed by atoms with Crippen LogP contribution >= 0.6 is 0 Å². The molecule has 1 heterocycles. The molecule has 0 spiro atoms. The second-order valence-electron chi connectivity index (χ2n) is 7.13. The summed E-state index contributed by atoms with van der Waals surface area (Å²) in [7, 11) is 1.67. The van der Waals surface area contributed by atoms with Gasteiger partial charge in [0.05, 0.1) is 7.11 Å². The summed E-state index contributed by atoms with van der Waals surface area (Å²) in [6, 6.07) is 7.91. The van der Waals surface area contributed by atoms with Crippen molar-refractivity contribution in [1.82, 2.24) is 10.6 Å². The average molecular weight is 318 g/mol. The molecule has 23 heavy (non-hydrogen) atoms. The molecule has 0 aromatic heterocycles. The Hall–Kier alpha value is -1.55. The standard InChI is InChI=1S/C19H30N2O2/c1-19(2,13-16-8-4-5-9-17(16)23-3)18(22)21-12-10-15-7-6-11-20-14-15/h4-5,8-9,15,20H,6-7,10-14H2,1-3H3,(H,21,22). The van der Waals surface area contributed by atoms with E-state index < -0.39 is 5.41 Å². The molecule has 1 fully saturated rings. The largest absolute Gasteiger partial charge is 0.496 e. The summed E-state index contributed by atoms with van der Waals surface area (Å²) >= 11 is 0. The summed E-state index contributed by atoms with van der Waals surface area (Å²) in [6.45, 7) is 6.98. The molecule has 4 nitrogen and oxygen atoms in total. The van der Waals surface area contributed by atoms with E-state index in [1.54, 1.807) is 7.11 Å². The Morgan fingerprint density at radius 3 is 2.87 bits per heavy atom. The lowest BCUT2D eigenvalue weighted by Crippen LogP contribution is -2.40. The normalized spacial score (nSPS) is 18.5. The van der Waals surface area contributed by atoms with Gasteiger partial charge in [-0.15, -0.1) is 0 Å². The van der Waals surface area contributed by atoms with Gasteiger partial charge >= 0.3 is 0 Å². The number of piperidine rings is 1. The third-order valence-corrected chi connectivity index (χ3v) is 4.68. The number of carbonyl (C=O) groups excluding carboxylic acids is 1. The quantitative estimate of drug-likeness (QED) is 0.813. The minimum absolute atomic E-state index is 0.118. The Balaban J connectivity index is 1.84. The third-order valence-electron chi connectivity index (χ3n) is 4.68. The van der Waals surface area contributed by atoms with Gasteiger partial charge in [0.2, 0.25) is 5.91 Å². The number of amides is 1. The summed E-state index contributed by atoms with van der Waals surface area (Å²) in [5.41, 5.74) is 0.631. The Kier molecular flexibility index (Phi) is 6.46. The lowest BCUT2D eigenvalue weighted by atomic mass is 9.84. The second-order valence-corrected chi connectivity index (χ2v) is 7.13. The highest BCUT2D eigenvalue weighted by molar-refractivity contribution is 5.82. The molecule has 1 saturated heterocycles. The Labute approximate surface area is 140 Å². The maximum Gasteiger partial charge on any atom is 0.225 e. The molecule has 0 bridgehead atoms. The van der Waals surface area contributed by atoms with Gasteiger partial charge < -0.3 is 15.4 Å². The Morgan fingerprint density at radius 1 is 1.39 bits per heavy atom. The van der Waals surface area contributed by atoms with Crippen LogP contribution in [0.4, 0.5) is 0 Å². The van der Waals surface area contributed by atoms with Crippen LogP contribution < -0.4 is 15.4 Å². The van der Waals surface area contributed by atoms with Gasteiger partial charge in [-0.2, -0.15) is 0 Å². The summed E-state index contributed by atoms with van der Waals surface area (Å²) < 4.78 is 5.39. The van der Waals surface area contributed by atoms with Crippen molar-refractivity contribution in [3.05, 3.63) is 29.8 Å². The van der Waals surface area contributed by atoms with Gasteiger partial charge in [-0.25, -0.2) is 0 Å². The van der Waals surface area contributed by atoms with Crippen molar-refractivity contribution in [2.45, 2.75) is 39.5 Å². The lowest BCUT2D eigenvalue weighted by Gasteiger charge is -2.26. The van der Waals surface area contributed by atoms with E-state index in [9.17, 15) is 4.79 Å². The van der Waals surface area contributed by atoms with Crippen molar-refractivity contribution >= 4 is 5.91 Å². The number of ether oxygens (including phenoxy) is 1. The number of rotatable bonds is 7. The zero-order valence-corrected chi connectivity index (χ0v) is 14.7. The molecule has 1 atom stereocenters. The molecule has 1 aromatic carbocycles. The number of benzene rings is 1. The third kappa shape index (κ3) is 5.24. The van der Waals surface area contributed by atoms with E-state index >= 15 is 0 Å². The molecule has 1 unspecified atom stereocenters. The predicted octanol–water partition coefficient (Wildman–Crippen LogP) is 2.77. The van der Waals surface area contributed by atoms with Crippen LogP contribution in [0.1, 0.15) is 38.7 Å². The molecule has 1 aromatic rings. The van der Waals surface area contributed by atoms with E-state index in [0.29, 0.717) is 12.3 Å². The first-order valence-corrected chi connectivity index (χ1v) is 8.64. The van der Waals surface area contributed by atoms with Crippen molar-refractivity contribution in [3.63, 3.8) is 0 Å². The molecule has 0 radical (unpaired) electrons. The van der Waals surface area contributed by atoms with Crippen molar-refractivity contribution in [1.29, 1.82) is 0 Å². The molecular weight excluding hydrogens is 288 g/mol. The number of hydrogen-bond donors (Lipinski definition) is 2. The Morgan fingerprint density at radius 2 is 2.17 bits per heavy atom. The fourth-order valence-corrected chi connectivity index (χ4v) is 3.20. The molecular formula is C19H30N2O2. The molecule has 4 heteroatoms. The molecule has 1 aliphatic heterocycles. The van der Waals surface area contributed by atoms with Crippen molar-refractivity contribution < 1.29 is 9.53 Å². The summed E-state index contributed by atoms with van der Waals surface area (Å²) in [6.07, 6.45) is 4.25. The van der Waals surface area contributed by atoms with Gasteiger partial charge in [0.15, 0.2) is 0 Å². The average Bonchev–Trinajstić information content (AvgIpc) is 2.56. The van der Waals surface area contributed by atoms with Crippen LogP contribution in [-0.4, -0.2) is 32.7 Å². The van der Waals surface area contributed by atoms with Crippen LogP contribution in [-0.2, 0) is 11.2 Å². The van der Waals surface area contributed by atoms with Crippen LogP contribution in [0, 0.1) is 11.3 Å². The van der Waals surface area contributed by atoms with Crippen molar-refractivity contribution in [2.75, 3.05) is 26.7 Å². The van der Waals surface area contributed by atoms with E-state index in [2.05, 4.69) is 10.6 Å². The highest BCUT2D eigenvalue weighted by Crippen LogP contribution is 2.28. The highest BCUT2D eigenvalue weighted by Gasteiger charge is 2.29. The van der Waals surface area contributed by atoms with Crippen LogP contribution in [0.15, 0.2) is 24.3 Å². The fraction of sp³-hybridized carbons (Fsp3) is 0.632. The van der Waals surface area contributed by atoms with Crippen LogP contribution in [0.2, 0.25) is 0 Å². The molecule has 0 saturated carbocycles. The maximum absolute atomic E-state index is 12.5. The molecule has 2 rings (SSSR count). The van der Waals surface area contributed by atoms with Crippen LogP contribution in [0.25, 0.3) is 0 Å². The SMILES string of the molecule is COc1ccccc1CC(C)(C)C(=O)NCCC1CCCNC1. The topological polar surface area (TPSA) is 50.4 Å². The molecule has 1 amide bonds. The number of carbonyl (C=O) groups is 1. The summed E-state index contributed by atoms with van der Waals surface area (Å²) in [5, 5.41) is 6.54. The van der Waals surface area contributed by atoms with Gasteiger partial charge in [-0.3, -0.25) is 4.79 Å². The van der Waals surface area contributed by atoms with E-state index in [1.807, 2.05) is 38.1 Å². The Bertz CT molecular complexity index is 508. The molecule has 2 N–H and O–H groups in total. The number of nitrogens with one attached hydrogen (secondary N) is 2. The van der Waals surface area contributed by atoms with Gasteiger partial charge in [0, 0.05) is 12.0 Å². The van der Waals surface area contributed by atoms with E-state index in [0.717, 1.165) is 37.4 Å².